The van der Waals surface area contributed by atoms with Gasteiger partial charge in [0.15, 0.2) is 11.6 Å². The standard InChI is InChI=1S/C28H35NO3.C2H4O2/c1-17(30)28(32)14-13-25-23-11-7-19-15-21(31)10-12-22(19)26(23)24(16-27(25,28)2)18-5-8-20(9-6-18)29(3)4;1-2(3)4/h5-6,8-9,15,23-25,32H,7,10-14,16H2,1-4H3;1H3,(H,3,4). The van der Waals surface area contributed by atoms with E-state index in [1.54, 1.807) is 6.92 Å². The van der Waals surface area contributed by atoms with Gasteiger partial charge in [0, 0.05) is 44.5 Å². The molecular weight excluding hydrogens is 454 g/mol. The number of carboxylic acids is 1. The lowest BCUT2D eigenvalue weighted by Crippen LogP contribution is -2.55. The van der Waals surface area contributed by atoms with Crippen molar-refractivity contribution in [3.63, 3.8) is 0 Å². The monoisotopic (exact) mass is 493 g/mol. The largest absolute Gasteiger partial charge is 0.481 e. The predicted molar refractivity (Wildman–Crippen MR) is 140 cm³/mol. The van der Waals surface area contributed by atoms with E-state index in [9.17, 15) is 14.7 Å². The Balaban J connectivity index is 0.000000709. The van der Waals surface area contributed by atoms with Gasteiger partial charge in [-0.15, -0.1) is 0 Å². The third-order valence-corrected chi connectivity index (χ3v) is 9.28. The molecule has 0 amide bonds. The summed E-state index contributed by atoms with van der Waals surface area (Å²) in [4.78, 5) is 36.0. The van der Waals surface area contributed by atoms with Gasteiger partial charge in [-0.2, -0.15) is 0 Å². The van der Waals surface area contributed by atoms with E-state index in [1.165, 1.54) is 22.3 Å². The van der Waals surface area contributed by atoms with Gasteiger partial charge in [0.05, 0.1) is 0 Å². The maximum atomic E-state index is 12.7. The molecule has 4 aliphatic rings. The molecule has 1 aromatic carbocycles. The zero-order chi connectivity index (χ0) is 26.4. The Morgan fingerprint density at radius 1 is 1.03 bits per heavy atom. The quantitative estimate of drug-likeness (QED) is 0.611. The number of anilines is 1. The van der Waals surface area contributed by atoms with Gasteiger partial charge >= 0.3 is 0 Å². The molecule has 4 aliphatic carbocycles. The van der Waals surface area contributed by atoms with E-state index in [4.69, 9.17) is 9.90 Å². The molecule has 0 bridgehead atoms. The summed E-state index contributed by atoms with van der Waals surface area (Å²) >= 11 is 0. The smallest absolute Gasteiger partial charge is 0.300 e. The molecule has 0 spiro atoms. The Bertz CT molecular complexity index is 1130. The van der Waals surface area contributed by atoms with Crippen LogP contribution in [-0.2, 0) is 14.4 Å². The summed E-state index contributed by atoms with van der Waals surface area (Å²) < 4.78 is 0. The lowest BCUT2D eigenvalue weighted by atomic mass is 9.51. The van der Waals surface area contributed by atoms with Gasteiger partial charge in [0.2, 0.25) is 0 Å². The molecular formula is C30H39NO5. The number of carboxylic acid groups (broad SMARTS) is 1. The zero-order valence-corrected chi connectivity index (χ0v) is 22.1. The van der Waals surface area contributed by atoms with Crippen LogP contribution in [0.4, 0.5) is 5.69 Å². The number of fused-ring (bicyclic) bond motifs is 4. The molecule has 5 atom stereocenters. The lowest BCUT2D eigenvalue weighted by Gasteiger charge is -2.54. The number of benzene rings is 1. The van der Waals surface area contributed by atoms with Gasteiger partial charge in [-0.05, 0) is 92.2 Å². The predicted octanol–water partition coefficient (Wildman–Crippen LogP) is 5.06. The second-order valence-electron chi connectivity index (χ2n) is 11.5. The fourth-order valence-electron chi connectivity index (χ4n) is 7.55. The van der Waals surface area contributed by atoms with Crippen molar-refractivity contribution < 1.29 is 24.6 Å². The normalized spacial score (nSPS) is 32.9. The molecule has 6 nitrogen and oxygen atoms in total. The van der Waals surface area contributed by atoms with Crippen molar-refractivity contribution in [3.05, 3.63) is 52.6 Å². The molecule has 5 rings (SSSR count). The van der Waals surface area contributed by atoms with Crippen LogP contribution in [0.1, 0.15) is 77.2 Å². The Morgan fingerprint density at radius 3 is 2.25 bits per heavy atom. The molecule has 0 radical (unpaired) electrons. The molecule has 0 heterocycles. The Hall–Kier alpha value is -2.73. The minimum absolute atomic E-state index is 0.0834. The SMILES string of the molecule is CC(=O)C1(O)CCC2C3CCC4=CC(=O)CCC4=C3C(c3ccc(N(C)C)cc3)CC21C.CC(=O)O. The van der Waals surface area contributed by atoms with E-state index >= 15 is 0 Å². The van der Waals surface area contributed by atoms with Gasteiger partial charge in [0.25, 0.3) is 5.97 Å². The topological polar surface area (TPSA) is 94.9 Å². The van der Waals surface area contributed by atoms with Crippen LogP contribution in [0.3, 0.4) is 0 Å². The molecule has 2 fully saturated rings. The minimum atomic E-state index is -1.24. The average Bonchev–Trinajstić information content (AvgIpc) is 3.09. The summed E-state index contributed by atoms with van der Waals surface area (Å²) in [5.41, 5.74) is 4.91. The number of allylic oxidation sites excluding steroid dienone is 4. The molecule has 6 heteroatoms. The second kappa shape index (κ2) is 9.62. The number of hydrogen-bond acceptors (Lipinski definition) is 5. The van der Waals surface area contributed by atoms with Gasteiger partial charge in [-0.3, -0.25) is 14.4 Å². The molecule has 36 heavy (non-hydrogen) atoms. The first-order valence-electron chi connectivity index (χ1n) is 13.1. The molecule has 0 saturated heterocycles. The molecule has 5 unspecified atom stereocenters. The molecule has 1 aromatic rings. The van der Waals surface area contributed by atoms with Crippen molar-refractivity contribution in [2.45, 2.75) is 77.2 Å². The number of aliphatic hydroxyl groups is 1. The van der Waals surface area contributed by atoms with Crippen LogP contribution in [0.5, 0.6) is 0 Å². The Kier molecular flexibility index (Phi) is 7.04. The zero-order valence-electron chi connectivity index (χ0n) is 22.1. The van der Waals surface area contributed by atoms with Crippen molar-refractivity contribution >= 4 is 23.2 Å². The van der Waals surface area contributed by atoms with E-state index < -0.39 is 17.0 Å². The van der Waals surface area contributed by atoms with Gasteiger partial charge in [0.1, 0.15) is 5.60 Å². The maximum Gasteiger partial charge on any atom is 0.300 e. The van der Waals surface area contributed by atoms with Crippen LogP contribution in [0.15, 0.2) is 47.1 Å². The summed E-state index contributed by atoms with van der Waals surface area (Å²) in [5, 5.41) is 19.1. The average molecular weight is 494 g/mol. The fraction of sp³-hybridized carbons (Fsp3) is 0.567. The number of rotatable bonds is 3. The third-order valence-electron chi connectivity index (χ3n) is 9.28. The van der Waals surface area contributed by atoms with Crippen molar-refractivity contribution in [2.24, 2.45) is 17.3 Å². The number of carbonyl (C=O) groups excluding carboxylic acids is 2. The Labute approximate surface area is 214 Å². The molecule has 194 valence electrons. The minimum Gasteiger partial charge on any atom is -0.481 e. The highest BCUT2D eigenvalue weighted by Gasteiger charge is 2.64. The van der Waals surface area contributed by atoms with Crippen molar-refractivity contribution in [2.75, 3.05) is 19.0 Å². The summed E-state index contributed by atoms with van der Waals surface area (Å²) in [5.74, 6) is 0.201. The van der Waals surface area contributed by atoms with Crippen LogP contribution in [0.2, 0.25) is 0 Å². The molecule has 0 aromatic heterocycles. The van der Waals surface area contributed by atoms with Gasteiger partial charge < -0.3 is 15.1 Å². The van der Waals surface area contributed by atoms with E-state index in [0.717, 1.165) is 44.7 Å². The summed E-state index contributed by atoms with van der Waals surface area (Å²) in [7, 11) is 4.09. The van der Waals surface area contributed by atoms with Gasteiger partial charge in [-0.1, -0.05) is 24.6 Å². The highest BCUT2D eigenvalue weighted by molar-refractivity contribution is 5.93. The van der Waals surface area contributed by atoms with E-state index in [2.05, 4.69) is 36.1 Å². The van der Waals surface area contributed by atoms with Gasteiger partial charge in [-0.25, -0.2) is 0 Å². The van der Waals surface area contributed by atoms with E-state index in [0.29, 0.717) is 24.7 Å². The number of Topliss-reactive ketones (excluding diaryl/α,β-unsaturated/α-hetero) is 1. The molecule has 0 aliphatic heterocycles. The molecule has 2 N–H and O–H groups in total. The maximum absolute atomic E-state index is 12.7. The van der Waals surface area contributed by atoms with Crippen LogP contribution < -0.4 is 4.90 Å². The van der Waals surface area contributed by atoms with E-state index in [-0.39, 0.29) is 17.5 Å². The van der Waals surface area contributed by atoms with Crippen LogP contribution in [0, 0.1) is 17.3 Å². The molecule has 2 saturated carbocycles. The second-order valence-corrected chi connectivity index (χ2v) is 11.5. The number of carbonyl (C=O) groups is 3. The first-order chi connectivity index (χ1) is 16.9. The number of hydrogen-bond donors (Lipinski definition) is 2. The van der Waals surface area contributed by atoms with Crippen molar-refractivity contribution in [1.82, 2.24) is 0 Å². The number of aliphatic carboxylic acids is 1. The number of nitrogens with zero attached hydrogens (tertiary/aromatic N) is 1. The first kappa shape index (κ1) is 26.3. The third kappa shape index (κ3) is 4.34. The van der Waals surface area contributed by atoms with E-state index in [1.807, 2.05) is 20.2 Å². The van der Waals surface area contributed by atoms with Crippen LogP contribution in [0.25, 0.3) is 0 Å². The van der Waals surface area contributed by atoms with Crippen molar-refractivity contribution in [1.29, 1.82) is 0 Å². The summed E-state index contributed by atoms with van der Waals surface area (Å²) in [6.45, 7) is 4.82. The Morgan fingerprint density at radius 2 is 1.67 bits per heavy atom. The highest BCUT2D eigenvalue weighted by Crippen LogP contribution is 2.66. The lowest BCUT2D eigenvalue weighted by molar-refractivity contribution is -0.152. The van der Waals surface area contributed by atoms with Crippen molar-refractivity contribution in [3.8, 4) is 0 Å². The summed E-state index contributed by atoms with van der Waals surface area (Å²) in [6.07, 6.45) is 7.53. The van der Waals surface area contributed by atoms with Crippen LogP contribution >= 0.6 is 0 Å². The first-order valence-corrected chi connectivity index (χ1v) is 13.1. The summed E-state index contributed by atoms with van der Waals surface area (Å²) in [6, 6.07) is 8.78. The highest BCUT2D eigenvalue weighted by atomic mass is 16.4. The van der Waals surface area contributed by atoms with Crippen LogP contribution in [-0.4, -0.2) is 47.4 Å². The fourth-order valence-corrected chi connectivity index (χ4v) is 7.55. The number of ketones is 2.